The number of aliphatic hydroxyl groups is 1. The Morgan fingerprint density at radius 3 is 1.66 bits per heavy atom. The molecule has 4 aromatic rings. The van der Waals surface area contributed by atoms with Crippen LogP contribution in [-0.2, 0) is 6.54 Å². The monoisotopic (exact) mass is 382 g/mol. The molecule has 0 saturated carbocycles. The first kappa shape index (κ1) is 18.9. The molecule has 0 aliphatic carbocycles. The molecule has 0 aliphatic heterocycles. The highest BCUT2D eigenvalue weighted by molar-refractivity contribution is 5.64. The van der Waals surface area contributed by atoms with Crippen molar-refractivity contribution >= 4 is 0 Å². The van der Waals surface area contributed by atoms with Crippen molar-refractivity contribution in [3.05, 3.63) is 109 Å². The van der Waals surface area contributed by atoms with E-state index in [1.807, 2.05) is 77.6 Å². The van der Waals surface area contributed by atoms with E-state index in [-0.39, 0.29) is 6.61 Å². The molecule has 4 rings (SSSR count). The summed E-state index contributed by atoms with van der Waals surface area (Å²) < 4.78 is 7.73. The van der Waals surface area contributed by atoms with Crippen molar-refractivity contribution in [3.8, 4) is 28.0 Å². The lowest BCUT2D eigenvalue weighted by Crippen LogP contribution is -2.41. The first-order valence-electron chi connectivity index (χ1n) is 9.79. The van der Waals surface area contributed by atoms with Crippen LogP contribution in [0.15, 0.2) is 109 Å². The van der Waals surface area contributed by atoms with E-state index < -0.39 is 6.10 Å². The van der Waals surface area contributed by atoms with Crippen LogP contribution in [0.3, 0.4) is 0 Å². The lowest BCUT2D eigenvalue weighted by molar-refractivity contribution is -0.703. The Labute approximate surface area is 171 Å². The Bertz CT molecular complexity index is 1010. The van der Waals surface area contributed by atoms with Gasteiger partial charge in [0.25, 0.3) is 0 Å². The van der Waals surface area contributed by atoms with Gasteiger partial charge < -0.3 is 9.84 Å². The fraction of sp³-hybridized carbons (Fsp3) is 0.115. The van der Waals surface area contributed by atoms with Gasteiger partial charge in [-0.15, -0.1) is 0 Å². The van der Waals surface area contributed by atoms with Gasteiger partial charge in [-0.05, 0) is 34.4 Å². The second-order valence-electron chi connectivity index (χ2n) is 7.00. The van der Waals surface area contributed by atoms with Gasteiger partial charge in [0.2, 0.25) is 0 Å². The zero-order valence-corrected chi connectivity index (χ0v) is 16.2. The van der Waals surface area contributed by atoms with Crippen molar-refractivity contribution in [2.45, 2.75) is 12.6 Å². The summed E-state index contributed by atoms with van der Waals surface area (Å²) in [5.41, 5.74) is 4.66. The first-order valence-corrected chi connectivity index (χ1v) is 9.79. The molecule has 3 heteroatoms. The number of aromatic nitrogens is 1. The minimum absolute atomic E-state index is 0.248. The quantitative estimate of drug-likeness (QED) is 0.468. The van der Waals surface area contributed by atoms with E-state index in [9.17, 15) is 5.11 Å². The van der Waals surface area contributed by atoms with E-state index >= 15 is 0 Å². The van der Waals surface area contributed by atoms with Crippen molar-refractivity contribution in [2.24, 2.45) is 0 Å². The Hall–Kier alpha value is -3.43. The summed E-state index contributed by atoms with van der Waals surface area (Å²) in [6, 6.07) is 32.6. The van der Waals surface area contributed by atoms with Crippen LogP contribution in [0.1, 0.15) is 0 Å². The molecule has 1 heterocycles. The van der Waals surface area contributed by atoms with Crippen LogP contribution >= 0.6 is 0 Å². The summed E-state index contributed by atoms with van der Waals surface area (Å²) in [4.78, 5) is 0. The smallest absolute Gasteiger partial charge is 0.177 e. The second-order valence-corrected chi connectivity index (χ2v) is 7.00. The van der Waals surface area contributed by atoms with Gasteiger partial charge in [0, 0.05) is 12.1 Å². The Morgan fingerprint density at radius 1 is 0.621 bits per heavy atom. The largest absolute Gasteiger partial charge is 0.491 e. The molecule has 0 saturated heterocycles. The zero-order valence-electron chi connectivity index (χ0n) is 16.2. The second kappa shape index (κ2) is 9.18. The Morgan fingerprint density at radius 2 is 1.10 bits per heavy atom. The van der Waals surface area contributed by atoms with Gasteiger partial charge in [0.05, 0.1) is 0 Å². The van der Waals surface area contributed by atoms with Crippen molar-refractivity contribution in [1.82, 2.24) is 0 Å². The molecular weight excluding hydrogens is 358 g/mol. The van der Waals surface area contributed by atoms with Crippen LogP contribution in [0.4, 0.5) is 0 Å². The van der Waals surface area contributed by atoms with E-state index in [0.717, 1.165) is 16.9 Å². The van der Waals surface area contributed by atoms with E-state index in [2.05, 4.69) is 36.4 Å². The van der Waals surface area contributed by atoms with Crippen LogP contribution in [0.2, 0.25) is 0 Å². The summed E-state index contributed by atoms with van der Waals surface area (Å²) >= 11 is 0. The highest BCUT2D eigenvalue weighted by atomic mass is 16.5. The maximum atomic E-state index is 10.3. The molecular formula is C26H24NO2+. The van der Waals surface area contributed by atoms with E-state index in [1.165, 1.54) is 11.1 Å². The lowest BCUT2D eigenvalue weighted by atomic mass is 10.1. The number of ether oxygens (including phenoxy) is 1. The summed E-state index contributed by atoms with van der Waals surface area (Å²) in [5.74, 6) is 0.758. The van der Waals surface area contributed by atoms with Gasteiger partial charge >= 0.3 is 0 Å². The molecule has 0 unspecified atom stereocenters. The number of hydrogen-bond acceptors (Lipinski definition) is 2. The predicted molar refractivity (Wildman–Crippen MR) is 115 cm³/mol. The standard InChI is InChI=1S/C26H24NO2/c28-25(19-27-17-15-24(16-18-27)22-9-5-2-6-10-22)20-29-26-13-11-23(12-14-26)21-7-3-1-4-8-21/h1-18,25,28H,19-20H2/q+1/t25-/m0/s1. The fourth-order valence-corrected chi connectivity index (χ4v) is 3.26. The number of aliphatic hydroxyl groups excluding tert-OH is 1. The predicted octanol–water partition coefficient (Wildman–Crippen LogP) is 4.75. The first-order chi connectivity index (χ1) is 14.3. The molecule has 29 heavy (non-hydrogen) atoms. The fourth-order valence-electron chi connectivity index (χ4n) is 3.26. The van der Waals surface area contributed by atoms with Crippen molar-refractivity contribution in [2.75, 3.05) is 6.61 Å². The van der Waals surface area contributed by atoms with Crippen molar-refractivity contribution in [1.29, 1.82) is 0 Å². The maximum absolute atomic E-state index is 10.3. The number of nitrogens with zero attached hydrogens (tertiary/aromatic N) is 1. The van der Waals surface area contributed by atoms with Gasteiger partial charge in [0.1, 0.15) is 18.5 Å². The third-order valence-electron chi connectivity index (χ3n) is 4.82. The minimum Gasteiger partial charge on any atom is -0.491 e. The molecule has 0 bridgehead atoms. The molecule has 0 spiro atoms. The number of rotatable bonds is 7. The lowest BCUT2D eigenvalue weighted by Gasteiger charge is -2.11. The molecule has 0 amide bonds. The van der Waals surface area contributed by atoms with Gasteiger partial charge in [-0.1, -0.05) is 72.8 Å². The molecule has 144 valence electrons. The molecule has 1 N–H and O–H groups in total. The SMILES string of the molecule is O[C@H](COc1ccc(-c2ccccc2)cc1)C[n+]1ccc(-c2ccccc2)cc1. The highest BCUT2D eigenvalue weighted by Crippen LogP contribution is 2.22. The van der Waals surface area contributed by atoms with Crippen LogP contribution in [0, 0.1) is 0 Å². The third-order valence-corrected chi connectivity index (χ3v) is 4.82. The van der Waals surface area contributed by atoms with Crippen molar-refractivity contribution < 1.29 is 14.4 Å². The number of hydrogen-bond donors (Lipinski definition) is 1. The topological polar surface area (TPSA) is 33.3 Å². The Kier molecular flexibility index (Phi) is 5.98. The summed E-state index contributed by atoms with van der Waals surface area (Å²) in [7, 11) is 0. The molecule has 0 fully saturated rings. The maximum Gasteiger partial charge on any atom is 0.177 e. The number of pyridine rings is 1. The average molecular weight is 382 g/mol. The highest BCUT2D eigenvalue weighted by Gasteiger charge is 2.12. The third kappa shape index (κ3) is 5.09. The van der Waals surface area contributed by atoms with Crippen LogP contribution in [0.25, 0.3) is 22.3 Å². The summed E-state index contributed by atoms with van der Waals surface area (Å²) in [5, 5.41) is 10.3. The normalized spacial score (nSPS) is 11.8. The van der Waals surface area contributed by atoms with E-state index in [4.69, 9.17) is 4.74 Å². The van der Waals surface area contributed by atoms with Gasteiger partial charge in [-0.3, -0.25) is 0 Å². The molecule has 1 atom stereocenters. The Balaban J connectivity index is 1.30. The van der Waals surface area contributed by atoms with E-state index in [0.29, 0.717) is 6.54 Å². The van der Waals surface area contributed by atoms with E-state index in [1.54, 1.807) is 0 Å². The molecule has 3 nitrogen and oxygen atoms in total. The van der Waals surface area contributed by atoms with Crippen molar-refractivity contribution in [3.63, 3.8) is 0 Å². The molecule has 0 radical (unpaired) electrons. The zero-order chi connectivity index (χ0) is 19.9. The molecule has 0 aliphatic rings. The van der Waals surface area contributed by atoms with Crippen LogP contribution in [-0.4, -0.2) is 17.8 Å². The van der Waals surface area contributed by atoms with Gasteiger partial charge in [-0.25, -0.2) is 4.57 Å². The summed E-state index contributed by atoms with van der Waals surface area (Å²) in [6.07, 6.45) is 3.39. The van der Waals surface area contributed by atoms with Gasteiger partial charge in [0.15, 0.2) is 18.9 Å². The average Bonchev–Trinajstić information content (AvgIpc) is 2.80. The molecule has 3 aromatic carbocycles. The minimum atomic E-state index is -0.587. The molecule has 1 aromatic heterocycles. The van der Waals surface area contributed by atoms with Gasteiger partial charge in [-0.2, -0.15) is 0 Å². The summed E-state index contributed by atoms with van der Waals surface area (Å²) in [6.45, 7) is 0.731. The van der Waals surface area contributed by atoms with Crippen LogP contribution < -0.4 is 9.30 Å². The number of benzene rings is 3. The van der Waals surface area contributed by atoms with Crippen LogP contribution in [0.5, 0.6) is 5.75 Å².